The van der Waals surface area contributed by atoms with Crippen LogP contribution in [0.4, 0.5) is 4.39 Å². The fourth-order valence-corrected chi connectivity index (χ4v) is 2.82. The van der Waals surface area contributed by atoms with E-state index in [0.717, 1.165) is 25.7 Å². The van der Waals surface area contributed by atoms with E-state index in [4.69, 9.17) is 5.73 Å². The van der Waals surface area contributed by atoms with Crippen LogP contribution in [0.1, 0.15) is 45.1 Å². The molecule has 0 saturated carbocycles. The standard InChI is InChI=1S/C16H27FN2/c1-5-7-12-15(19(3)4)16(18,6-2)13-10-8-9-11-14(13)17/h8-11,15H,5-7,12,18H2,1-4H3. The summed E-state index contributed by atoms with van der Waals surface area (Å²) in [5.41, 5.74) is 6.62. The highest BCUT2D eigenvalue weighted by atomic mass is 19.1. The molecule has 2 atom stereocenters. The van der Waals surface area contributed by atoms with Crippen molar-refractivity contribution in [1.29, 1.82) is 0 Å². The first-order chi connectivity index (χ1) is 8.97. The first-order valence-corrected chi connectivity index (χ1v) is 7.17. The van der Waals surface area contributed by atoms with E-state index in [0.29, 0.717) is 5.56 Å². The lowest BCUT2D eigenvalue weighted by Gasteiger charge is -2.41. The van der Waals surface area contributed by atoms with Crippen LogP contribution in [0.25, 0.3) is 0 Å². The van der Waals surface area contributed by atoms with Crippen LogP contribution in [-0.2, 0) is 5.54 Å². The molecular weight excluding hydrogens is 239 g/mol. The number of nitrogens with two attached hydrogens (primary N) is 1. The maximum Gasteiger partial charge on any atom is 0.128 e. The van der Waals surface area contributed by atoms with Gasteiger partial charge in [-0.3, -0.25) is 0 Å². The van der Waals surface area contributed by atoms with Crippen molar-refractivity contribution >= 4 is 0 Å². The summed E-state index contributed by atoms with van der Waals surface area (Å²) in [4.78, 5) is 2.13. The van der Waals surface area contributed by atoms with Crippen LogP contribution in [0.5, 0.6) is 0 Å². The number of nitrogens with zero attached hydrogens (tertiary/aromatic N) is 1. The van der Waals surface area contributed by atoms with Gasteiger partial charge in [0, 0.05) is 11.6 Å². The van der Waals surface area contributed by atoms with Crippen LogP contribution >= 0.6 is 0 Å². The quantitative estimate of drug-likeness (QED) is 0.818. The SMILES string of the molecule is CCCCC(N(C)C)C(N)(CC)c1ccccc1F. The van der Waals surface area contributed by atoms with Gasteiger partial charge < -0.3 is 10.6 Å². The smallest absolute Gasteiger partial charge is 0.128 e. The van der Waals surface area contributed by atoms with Gasteiger partial charge in [-0.05, 0) is 33.0 Å². The Hall–Kier alpha value is -0.930. The molecule has 0 bridgehead atoms. The van der Waals surface area contributed by atoms with Gasteiger partial charge in [0.05, 0.1) is 5.54 Å². The molecule has 0 heterocycles. The molecule has 108 valence electrons. The van der Waals surface area contributed by atoms with Crippen molar-refractivity contribution in [1.82, 2.24) is 4.90 Å². The molecule has 0 aliphatic carbocycles. The number of halogens is 1. The minimum absolute atomic E-state index is 0.148. The molecule has 0 fully saturated rings. The Morgan fingerprint density at radius 3 is 2.37 bits per heavy atom. The molecule has 0 spiro atoms. The summed E-state index contributed by atoms with van der Waals surface area (Å²) in [5.74, 6) is -0.199. The minimum atomic E-state index is -0.635. The number of rotatable bonds is 7. The average Bonchev–Trinajstić information content (AvgIpc) is 2.39. The molecule has 1 aromatic rings. The second-order valence-electron chi connectivity index (χ2n) is 5.50. The molecule has 0 amide bonds. The fourth-order valence-electron chi connectivity index (χ4n) is 2.82. The predicted molar refractivity (Wildman–Crippen MR) is 79.6 cm³/mol. The normalized spacial score (nSPS) is 16.4. The molecule has 0 aliphatic rings. The van der Waals surface area contributed by atoms with Crippen LogP contribution in [0, 0.1) is 5.82 Å². The summed E-state index contributed by atoms with van der Waals surface area (Å²) < 4.78 is 14.1. The van der Waals surface area contributed by atoms with E-state index in [1.165, 1.54) is 6.07 Å². The number of hydrogen-bond donors (Lipinski definition) is 1. The van der Waals surface area contributed by atoms with Crippen molar-refractivity contribution in [3.8, 4) is 0 Å². The molecule has 2 N–H and O–H groups in total. The summed E-state index contributed by atoms with van der Waals surface area (Å²) in [6.07, 6.45) is 3.94. The summed E-state index contributed by atoms with van der Waals surface area (Å²) in [7, 11) is 4.05. The molecule has 1 rings (SSSR count). The molecular formula is C16H27FN2. The lowest BCUT2D eigenvalue weighted by atomic mass is 9.78. The lowest BCUT2D eigenvalue weighted by molar-refractivity contribution is 0.153. The summed E-state index contributed by atoms with van der Waals surface area (Å²) in [6.45, 7) is 4.20. The van der Waals surface area contributed by atoms with Gasteiger partial charge in [-0.15, -0.1) is 0 Å². The molecule has 0 saturated heterocycles. The zero-order valence-electron chi connectivity index (χ0n) is 12.6. The van der Waals surface area contributed by atoms with E-state index in [-0.39, 0.29) is 11.9 Å². The second kappa shape index (κ2) is 7.01. The van der Waals surface area contributed by atoms with Crippen molar-refractivity contribution in [2.75, 3.05) is 14.1 Å². The van der Waals surface area contributed by atoms with Crippen molar-refractivity contribution in [3.63, 3.8) is 0 Å². The summed E-state index contributed by atoms with van der Waals surface area (Å²) >= 11 is 0. The van der Waals surface area contributed by atoms with Crippen molar-refractivity contribution < 1.29 is 4.39 Å². The molecule has 0 radical (unpaired) electrons. The maximum atomic E-state index is 14.1. The number of unbranched alkanes of at least 4 members (excludes halogenated alkanes) is 1. The van der Waals surface area contributed by atoms with Gasteiger partial charge in [-0.2, -0.15) is 0 Å². The van der Waals surface area contributed by atoms with Gasteiger partial charge >= 0.3 is 0 Å². The lowest BCUT2D eigenvalue weighted by Crippen LogP contribution is -2.54. The molecule has 0 aromatic heterocycles. The Balaban J connectivity index is 3.16. The van der Waals surface area contributed by atoms with Gasteiger partial charge in [0.2, 0.25) is 0 Å². The number of benzene rings is 1. The first kappa shape index (κ1) is 16.1. The Kier molecular flexibility index (Phi) is 5.95. The highest BCUT2D eigenvalue weighted by Crippen LogP contribution is 2.32. The van der Waals surface area contributed by atoms with Crippen LogP contribution < -0.4 is 5.73 Å². The third-order valence-corrected chi connectivity index (χ3v) is 4.01. The topological polar surface area (TPSA) is 29.3 Å². The Morgan fingerprint density at radius 2 is 1.89 bits per heavy atom. The molecule has 2 nitrogen and oxygen atoms in total. The van der Waals surface area contributed by atoms with Gasteiger partial charge in [0.15, 0.2) is 0 Å². The Labute approximate surface area is 116 Å². The van der Waals surface area contributed by atoms with E-state index in [2.05, 4.69) is 11.8 Å². The molecule has 1 aromatic carbocycles. The largest absolute Gasteiger partial charge is 0.320 e. The average molecular weight is 266 g/mol. The zero-order chi connectivity index (χ0) is 14.5. The zero-order valence-corrected chi connectivity index (χ0v) is 12.6. The Morgan fingerprint density at radius 1 is 1.26 bits per heavy atom. The third kappa shape index (κ3) is 3.54. The summed E-state index contributed by atoms with van der Waals surface area (Å²) in [5, 5.41) is 0. The van der Waals surface area contributed by atoms with Crippen LogP contribution in [-0.4, -0.2) is 25.0 Å². The minimum Gasteiger partial charge on any atom is -0.320 e. The van der Waals surface area contributed by atoms with Crippen LogP contribution in [0.3, 0.4) is 0 Å². The highest BCUT2D eigenvalue weighted by Gasteiger charge is 2.37. The molecule has 19 heavy (non-hydrogen) atoms. The first-order valence-electron chi connectivity index (χ1n) is 7.17. The van der Waals surface area contributed by atoms with Gasteiger partial charge in [0.25, 0.3) is 0 Å². The van der Waals surface area contributed by atoms with E-state index in [9.17, 15) is 4.39 Å². The van der Waals surface area contributed by atoms with Crippen molar-refractivity contribution in [2.45, 2.75) is 51.1 Å². The predicted octanol–water partition coefficient (Wildman–Crippen LogP) is 3.51. The number of hydrogen-bond acceptors (Lipinski definition) is 2. The van der Waals surface area contributed by atoms with Gasteiger partial charge in [-0.25, -0.2) is 4.39 Å². The van der Waals surface area contributed by atoms with E-state index < -0.39 is 5.54 Å². The molecule has 2 unspecified atom stereocenters. The maximum absolute atomic E-state index is 14.1. The fraction of sp³-hybridized carbons (Fsp3) is 0.625. The van der Waals surface area contributed by atoms with E-state index >= 15 is 0 Å². The Bertz CT molecular complexity index is 392. The van der Waals surface area contributed by atoms with Crippen LogP contribution in [0.15, 0.2) is 24.3 Å². The van der Waals surface area contributed by atoms with Crippen LogP contribution in [0.2, 0.25) is 0 Å². The molecule has 3 heteroatoms. The third-order valence-electron chi connectivity index (χ3n) is 4.01. The second-order valence-corrected chi connectivity index (χ2v) is 5.50. The van der Waals surface area contributed by atoms with E-state index in [1.54, 1.807) is 6.07 Å². The summed E-state index contributed by atoms with van der Waals surface area (Å²) in [6, 6.07) is 7.04. The van der Waals surface area contributed by atoms with Gasteiger partial charge in [-0.1, -0.05) is 44.9 Å². The monoisotopic (exact) mass is 266 g/mol. The number of likely N-dealkylation sites (N-methyl/N-ethyl adjacent to an activating group) is 1. The van der Waals surface area contributed by atoms with Crippen molar-refractivity contribution in [2.24, 2.45) is 5.73 Å². The van der Waals surface area contributed by atoms with Crippen molar-refractivity contribution in [3.05, 3.63) is 35.6 Å². The molecule has 0 aliphatic heterocycles. The van der Waals surface area contributed by atoms with E-state index in [1.807, 2.05) is 33.2 Å². The highest BCUT2D eigenvalue weighted by molar-refractivity contribution is 5.28. The van der Waals surface area contributed by atoms with Gasteiger partial charge in [0.1, 0.15) is 5.82 Å².